The second-order valence-corrected chi connectivity index (χ2v) is 14.4. The Hall–Kier alpha value is 1.60. The summed E-state index contributed by atoms with van der Waals surface area (Å²) in [5.74, 6) is -1.91. The second kappa shape index (κ2) is 14.2. The number of carbonyl (C=O) groups is 6. The summed E-state index contributed by atoms with van der Waals surface area (Å²) >= 11 is 33.8. The molecule has 2 aromatic carbocycles. The quantitative estimate of drug-likeness (QED) is 0.167. The Morgan fingerprint density at radius 3 is 0.973 bits per heavy atom. The van der Waals surface area contributed by atoms with Crippen LogP contribution >= 0.6 is 182 Å². The summed E-state index contributed by atoms with van der Waals surface area (Å²) in [4.78, 5) is 75.9. The number of primary amides is 1. The molecule has 0 fully saturated rings. The van der Waals surface area contributed by atoms with Crippen molar-refractivity contribution in [3.05, 3.63) is 43.7 Å². The highest BCUT2D eigenvalue weighted by atomic mass is 127. The van der Waals surface area contributed by atoms with Gasteiger partial charge in [-0.15, -0.1) is 0 Å². The molecule has 18 heteroatoms. The number of amides is 2. The molecule has 0 aliphatic heterocycles. The van der Waals surface area contributed by atoms with Gasteiger partial charge in [0.05, 0.1) is 47.9 Å². The van der Waals surface area contributed by atoms with Crippen LogP contribution in [-0.2, 0) is 9.59 Å². The topological polar surface area (TPSA) is 132 Å². The van der Waals surface area contributed by atoms with Crippen LogP contribution in [0.4, 0.5) is 11.4 Å². The first kappa shape index (κ1) is 34.8. The van der Waals surface area contributed by atoms with Gasteiger partial charge in [0, 0.05) is 7.14 Å². The number of hydrogen-bond acceptors (Lipinski definition) is 6. The summed E-state index contributed by atoms with van der Waals surface area (Å²) in [6.07, 6.45) is -0.821. The Balaban J connectivity index is 3.31. The monoisotopic (exact) mass is 1260 g/mol. The fourth-order valence-electron chi connectivity index (χ4n) is 2.97. The van der Waals surface area contributed by atoms with Crippen molar-refractivity contribution < 1.29 is 28.8 Å². The van der Waals surface area contributed by atoms with Gasteiger partial charge < -0.3 is 5.73 Å². The molecule has 0 radical (unpaired) electrons. The number of benzene rings is 2. The van der Waals surface area contributed by atoms with E-state index in [9.17, 15) is 28.8 Å². The van der Waals surface area contributed by atoms with Gasteiger partial charge in [0.15, 0.2) is 0 Å². The number of nitrogens with two attached hydrogens (primary N) is 1. The lowest BCUT2D eigenvalue weighted by molar-refractivity contribution is -0.125. The van der Waals surface area contributed by atoms with Crippen molar-refractivity contribution in [2.45, 2.75) is 6.42 Å². The summed E-state index contributed by atoms with van der Waals surface area (Å²) in [7, 11) is 0. The molecule has 0 spiro atoms. The lowest BCUT2D eigenvalue weighted by Crippen LogP contribution is -2.34. The maximum atomic E-state index is 13.6. The van der Waals surface area contributed by atoms with Gasteiger partial charge in [-0.2, -0.15) is 0 Å². The minimum atomic E-state index is -0.995. The highest BCUT2D eigenvalue weighted by Crippen LogP contribution is 2.47. The van der Waals surface area contributed by atoms with Crippen LogP contribution in [0.1, 0.15) is 47.9 Å². The first-order valence-corrected chi connectivity index (χ1v) is 16.8. The van der Waals surface area contributed by atoms with Gasteiger partial charge in [-0.25, -0.2) is 0 Å². The summed E-state index contributed by atoms with van der Waals surface area (Å²) in [6, 6.07) is 0. The van der Waals surface area contributed by atoms with E-state index in [0.717, 1.165) is 4.90 Å². The van der Waals surface area contributed by atoms with Gasteiger partial charge in [0.25, 0.3) is 21.0 Å². The van der Waals surface area contributed by atoms with Crippen LogP contribution in [0.5, 0.6) is 0 Å². The fraction of sp³-hybridized carbons (Fsp3) is 0.0526. The molecule has 0 saturated carbocycles. The normalized spacial score (nSPS) is 10.8. The minimum Gasteiger partial charge on any atom is -0.369 e. The number of rotatable bonds is 8. The molecule has 2 aromatic rings. The molecule has 0 aliphatic carbocycles. The molecule has 0 bridgehead atoms. The van der Waals surface area contributed by atoms with Crippen molar-refractivity contribution >= 4 is 226 Å². The first-order valence-electron chi connectivity index (χ1n) is 8.78. The number of carbonyl (C=O) groups excluding carboxylic acids is 6. The van der Waals surface area contributed by atoms with Gasteiger partial charge in [0.1, 0.15) is 6.42 Å². The maximum absolute atomic E-state index is 13.6. The zero-order chi connectivity index (χ0) is 28.7. The van der Waals surface area contributed by atoms with Crippen LogP contribution in [0.25, 0.3) is 0 Å². The Labute approximate surface area is 310 Å². The van der Waals surface area contributed by atoms with Crippen molar-refractivity contribution in [2.24, 2.45) is 5.73 Å². The lowest BCUT2D eigenvalue weighted by Gasteiger charge is -2.30. The molecule has 0 atom stereocenters. The summed E-state index contributed by atoms with van der Waals surface area (Å²) in [5, 5.41) is -3.80. The third kappa shape index (κ3) is 7.16. The fourth-order valence-corrected chi connectivity index (χ4v) is 14.3. The SMILES string of the molecule is NC(=O)CC(=O)N(c1c(I)c(C(=O)Cl)c(I)c(C(=O)Cl)c1I)c1c(I)c(C(=O)Cl)c(I)c(C(=O)Cl)c1I. The van der Waals surface area contributed by atoms with Gasteiger partial charge >= 0.3 is 0 Å². The van der Waals surface area contributed by atoms with Crippen LogP contribution in [0.3, 0.4) is 0 Å². The number of anilines is 2. The minimum absolute atomic E-state index is 0.0566. The molecule has 0 aromatic heterocycles. The lowest BCUT2D eigenvalue weighted by atomic mass is 10.1. The van der Waals surface area contributed by atoms with Gasteiger partial charge in [0.2, 0.25) is 11.8 Å². The first-order chi connectivity index (χ1) is 17.0. The van der Waals surface area contributed by atoms with E-state index in [2.05, 4.69) is 0 Å². The number of halogens is 10. The van der Waals surface area contributed by atoms with Crippen molar-refractivity contribution in [2.75, 3.05) is 4.90 Å². The summed E-state index contributed by atoms with van der Waals surface area (Å²) in [6.45, 7) is 0. The molecule has 0 unspecified atom stereocenters. The predicted octanol–water partition coefficient (Wildman–Crippen LogP) is 7.37. The molecule has 0 heterocycles. The predicted molar refractivity (Wildman–Crippen MR) is 191 cm³/mol. The van der Waals surface area contributed by atoms with Crippen LogP contribution in [-0.4, -0.2) is 32.8 Å². The molecule has 2 amide bonds. The van der Waals surface area contributed by atoms with Crippen molar-refractivity contribution in [3.63, 3.8) is 0 Å². The maximum Gasteiger partial charge on any atom is 0.254 e. The highest BCUT2D eigenvalue weighted by Gasteiger charge is 2.37. The Bertz CT molecular complexity index is 1280. The Morgan fingerprint density at radius 2 is 0.784 bits per heavy atom. The van der Waals surface area contributed by atoms with Gasteiger partial charge in [-0.05, 0) is 182 Å². The number of nitrogens with zero attached hydrogens (tertiary/aromatic N) is 1. The van der Waals surface area contributed by atoms with Crippen LogP contribution in [0, 0.1) is 21.4 Å². The third-order valence-corrected chi connectivity index (χ3v) is 11.5. The standard InChI is InChI=1S/C19H4Cl4I6N2O6/c20-16(34)4-8(24)5(17(21)35)11(27)14(10(4)26)31(3(33)1-2(30)32)15-12(28)6(18(22)36)9(25)7(13(15)29)19(23)37/h1H2,(H2,30,32). The van der Waals surface area contributed by atoms with Gasteiger partial charge in [-0.1, -0.05) is 0 Å². The molecule has 0 saturated heterocycles. The molecule has 8 nitrogen and oxygen atoms in total. The molecule has 2 rings (SSSR count). The average Bonchev–Trinajstić information content (AvgIpc) is 2.70. The van der Waals surface area contributed by atoms with Crippen LogP contribution in [0.15, 0.2) is 0 Å². The van der Waals surface area contributed by atoms with E-state index >= 15 is 0 Å². The van der Waals surface area contributed by atoms with Crippen LogP contribution in [0.2, 0.25) is 0 Å². The largest absolute Gasteiger partial charge is 0.369 e. The van der Waals surface area contributed by atoms with Crippen LogP contribution < -0.4 is 10.6 Å². The van der Waals surface area contributed by atoms with E-state index in [-0.39, 0.29) is 55.0 Å². The third-order valence-electron chi connectivity index (χ3n) is 4.40. The van der Waals surface area contributed by atoms with E-state index in [1.54, 1.807) is 136 Å². The molecular formula is C19H4Cl4I6N2O6. The second-order valence-electron chi connectivity index (χ2n) is 6.55. The highest BCUT2D eigenvalue weighted by molar-refractivity contribution is 14.1. The zero-order valence-electron chi connectivity index (χ0n) is 17.0. The van der Waals surface area contributed by atoms with Gasteiger partial charge in [-0.3, -0.25) is 33.7 Å². The smallest absolute Gasteiger partial charge is 0.254 e. The van der Waals surface area contributed by atoms with E-state index in [4.69, 9.17) is 52.1 Å². The Morgan fingerprint density at radius 1 is 0.541 bits per heavy atom. The molecule has 0 aliphatic rings. The van der Waals surface area contributed by atoms with Crippen molar-refractivity contribution in [1.82, 2.24) is 0 Å². The van der Waals surface area contributed by atoms with E-state index in [1.165, 1.54) is 0 Å². The molecule has 196 valence electrons. The zero-order valence-corrected chi connectivity index (χ0v) is 32.9. The van der Waals surface area contributed by atoms with E-state index in [0.29, 0.717) is 0 Å². The molecule has 2 N–H and O–H groups in total. The van der Waals surface area contributed by atoms with Crippen molar-refractivity contribution in [1.29, 1.82) is 0 Å². The molecule has 37 heavy (non-hydrogen) atoms. The molecular weight excluding hydrogens is 1260 g/mol. The van der Waals surface area contributed by atoms with E-state index in [1.807, 2.05) is 0 Å². The Kier molecular flexibility index (Phi) is 13.3. The summed E-state index contributed by atoms with van der Waals surface area (Å²) < 4.78 is 0.750. The average molecular weight is 1260 g/mol. The van der Waals surface area contributed by atoms with Crippen molar-refractivity contribution in [3.8, 4) is 0 Å². The van der Waals surface area contributed by atoms with E-state index < -0.39 is 39.2 Å². The summed E-state index contributed by atoms with van der Waals surface area (Å²) in [5.41, 5.74) is 4.68. The number of hydrogen-bond donors (Lipinski definition) is 1.